The Morgan fingerprint density at radius 1 is 0.865 bits per heavy atom. The van der Waals surface area contributed by atoms with Crippen LogP contribution in [0.4, 0.5) is 0 Å². The van der Waals surface area contributed by atoms with E-state index >= 15 is 0 Å². The van der Waals surface area contributed by atoms with Crippen molar-refractivity contribution in [2.75, 3.05) is 14.2 Å². The third-order valence-electron chi connectivity index (χ3n) is 6.07. The van der Waals surface area contributed by atoms with Gasteiger partial charge in [-0.15, -0.1) is 0 Å². The van der Waals surface area contributed by atoms with E-state index in [-0.39, 0.29) is 11.6 Å². The van der Waals surface area contributed by atoms with Gasteiger partial charge < -0.3 is 23.7 Å². The zero-order valence-corrected chi connectivity index (χ0v) is 21.2. The summed E-state index contributed by atoms with van der Waals surface area (Å²) in [5.41, 5.74) is 4.44. The number of hydrogen-bond donors (Lipinski definition) is 0. The molecule has 2 aromatic heterocycles. The van der Waals surface area contributed by atoms with Crippen LogP contribution >= 0.6 is 0 Å². The van der Waals surface area contributed by atoms with Crippen molar-refractivity contribution in [3.8, 4) is 57.2 Å². The molecule has 0 bridgehead atoms. The van der Waals surface area contributed by atoms with E-state index in [0.717, 1.165) is 34.0 Å². The molecule has 188 valence electrons. The smallest absolute Gasteiger partial charge is 0.306 e. The summed E-state index contributed by atoms with van der Waals surface area (Å²) in [4.78, 5) is 5.07. The van der Waals surface area contributed by atoms with Crippen LogP contribution in [0.5, 0.6) is 17.4 Å². The molecule has 0 spiro atoms. The van der Waals surface area contributed by atoms with Gasteiger partial charge in [-0.2, -0.15) is 0 Å². The number of aromatic nitrogens is 4. The van der Waals surface area contributed by atoms with Crippen LogP contribution in [0, 0.1) is 5.92 Å². The van der Waals surface area contributed by atoms with Gasteiger partial charge in [0.15, 0.2) is 5.95 Å². The molecule has 0 aliphatic rings. The normalized spacial score (nSPS) is 11.2. The maximum Gasteiger partial charge on any atom is 0.306 e. The molecule has 0 fully saturated rings. The lowest BCUT2D eigenvalue weighted by atomic mass is 10.0. The van der Waals surface area contributed by atoms with E-state index in [1.807, 2.05) is 78.9 Å². The predicted molar refractivity (Wildman–Crippen MR) is 138 cm³/mol. The van der Waals surface area contributed by atoms with E-state index < -0.39 is 5.95 Å². The molecule has 0 aliphatic heterocycles. The topological polar surface area (TPSA) is 89.3 Å². The lowest BCUT2D eigenvalue weighted by molar-refractivity contribution is -0.660. The molecular weight excluding hydrogens is 468 g/mol. The first-order valence-corrected chi connectivity index (χ1v) is 12.0. The third kappa shape index (κ3) is 4.65. The number of rotatable bonds is 8. The molecule has 0 N–H and O–H groups in total. The molecule has 0 radical (unpaired) electrons. The molecule has 0 aliphatic carbocycles. The summed E-state index contributed by atoms with van der Waals surface area (Å²) >= 11 is 0. The van der Waals surface area contributed by atoms with Crippen molar-refractivity contribution in [1.29, 1.82) is 0 Å². The minimum absolute atomic E-state index is 0.265. The average molecular weight is 497 g/mol. The molecule has 0 atom stereocenters. The van der Waals surface area contributed by atoms with Gasteiger partial charge in [0.25, 0.3) is 0 Å². The van der Waals surface area contributed by atoms with E-state index in [1.165, 1.54) is 4.68 Å². The molecule has 8 nitrogen and oxygen atoms in total. The Morgan fingerprint density at radius 2 is 1.46 bits per heavy atom. The van der Waals surface area contributed by atoms with Crippen LogP contribution in [-0.4, -0.2) is 29.0 Å². The number of nitrogens with zero attached hydrogens (tertiary/aromatic N) is 4. The first-order valence-electron chi connectivity index (χ1n) is 12.0. The van der Waals surface area contributed by atoms with Gasteiger partial charge in [0.05, 0.1) is 30.9 Å². The van der Waals surface area contributed by atoms with Gasteiger partial charge in [-0.3, -0.25) is 0 Å². The Labute approximate surface area is 215 Å². The van der Waals surface area contributed by atoms with Crippen LogP contribution in [0.3, 0.4) is 0 Å². The highest BCUT2D eigenvalue weighted by atomic mass is 16.6. The van der Waals surface area contributed by atoms with Crippen molar-refractivity contribution in [3.05, 3.63) is 78.9 Å². The van der Waals surface area contributed by atoms with Crippen molar-refractivity contribution in [2.45, 2.75) is 20.4 Å². The Morgan fingerprint density at radius 3 is 2.03 bits per heavy atom. The zero-order valence-electron chi connectivity index (χ0n) is 21.2. The fourth-order valence-corrected chi connectivity index (χ4v) is 4.35. The lowest BCUT2D eigenvalue weighted by Crippen LogP contribution is -2.35. The monoisotopic (exact) mass is 496 g/mol. The quantitative estimate of drug-likeness (QED) is 0.284. The first-order chi connectivity index (χ1) is 18.0. The largest absolute Gasteiger partial charge is 0.539 e. The highest BCUT2D eigenvalue weighted by molar-refractivity contribution is 5.82. The van der Waals surface area contributed by atoms with Gasteiger partial charge in [0, 0.05) is 29.8 Å². The predicted octanol–water partition coefficient (Wildman–Crippen LogP) is 4.90. The summed E-state index contributed by atoms with van der Waals surface area (Å²) in [6, 6.07) is 25.0. The second-order valence-corrected chi connectivity index (χ2v) is 9.05. The fraction of sp³-hybridized carbons (Fsp3) is 0.207. The Bertz CT molecular complexity index is 1490. The zero-order chi connectivity index (χ0) is 25.9. The van der Waals surface area contributed by atoms with E-state index in [1.54, 1.807) is 14.2 Å². The van der Waals surface area contributed by atoms with E-state index in [9.17, 15) is 5.11 Å². The average Bonchev–Trinajstić information content (AvgIpc) is 3.49. The molecule has 3 aromatic carbocycles. The molecule has 0 unspecified atom stereocenters. The summed E-state index contributed by atoms with van der Waals surface area (Å²) in [7, 11) is 3.28. The number of hydrogen-bond acceptors (Lipinski definition) is 6. The summed E-state index contributed by atoms with van der Waals surface area (Å²) in [6.07, 6.45) is 0. The van der Waals surface area contributed by atoms with E-state index in [0.29, 0.717) is 18.1 Å². The SMILES string of the molecule is COc1ccc(-c2nc(-c3c([O-])on[n+]3-c3ccccc3)n(CC(C)C)c2-c2ccc(OC)cc2)cc1. The molecule has 0 saturated heterocycles. The van der Waals surface area contributed by atoms with Crippen molar-refractivity contribution >= 4 is 0 Å². The third-order valence-corrected chi connectivity index (χ3v) is 6.07. The van der Waals surface area contributed by atoms with Crippen LogP contribution < -0.4 is 19.3 Å². The molecule has 2 heterocycles. The summed E-state index contributed by atoms with van der Waals surface area (Å²) in [6.45, 7) is 4.89. The number of para-hydroxylation sites is 1. The van der Waals surface area contributed by atoms with Crippen LogP contribution in [-0.2, 0) is 6.54 Å². The van der Waals surface area contributed by atoms with Crippen LogP contribution in [0.25, 0.3) is 39.7 Å². The Kier molecular flexibility index (Phi) is 6.64. The second kappa shape index (κ2) is 10.2. The highest BCUT2D eigenvalue weighted by Gasteiger charge is 2.31. The highest BCUT2D eigenvalue weighted by Crippen LogP contribution is 2.38. The molecular formula is C29H28N4O4. The number of benzene rings is 3. The van der Waals surface area contributed by atoms with Crippen molar-refractivity contribution < 1.29 is 23.8 Å². The summed E-state index contributed by atoms with van der Waals surface area (Å²) in [5, 5.41) is 17.1. The van der Waals surface area contributed by atoms with Crippen LogP contribution in [0.1, 0.15) is 13.8 Å². The molecule has 0 saturated carbocycles. The molecule has 5 aromatic rings. The minimum Gasteiger partial charge on any atom is -0.539 e. The van der Waals surface area contributed by atoms with Crippen molar-refractivity contribution in [3.63, 3.8) is 0 Å². The van der Waals surface area contributed by atoms with Gasteiger partial charge >= 0.3 is 5.69 Å². The van der Waals surface area contributed by atoms with Gasteiger partial charge in [0.2, 0.25) is 11.5 Å². The fourth-order valence-electron chi connectivity index (χ4n) is 4.35. The van der Waals surface area contributed by atoms with Gasteiger partial charge in [-0.1, -0.05) is 32.0 Å². The molecule has 37 heavy (non-hydrogen) atoms. The number of ether oxygens (including phenoxy) is 2. The molecule has 0 amide bonds. The van der Waals surface area contributed by atoms with Gasteiger partial charge in [-0.25, -0.2) is 4.98 Å². The first kappa shape index (κ1) is 24.1. The molecule has 5 rings (SSSR count). The lowest BCUT2D eigenvalue weighted by Gasteiger charge is -2.15. The van der Waals surface area contributed by atoms with Gasteiger partial charge in [0.1, 0.15) is 11.5 Å². The van der Waals surface area contributed by atoms with E-state index in [2.05, 4.69) is 23.7 Å². The standard InChI is InChI=1S/C29H28N4O4/c1-19(2)18-32-26(21-12-16-24(36-4)17-13-21)25(20-10-14-23(35-3)15-11-20)30-28(32)27-29(34)37-31-33(27)22-8-6-5-7-9-22/h5-17,19H,18H2,1-4H3. The Hall–Kier alpha value is -4.59. The number of imidazole rings is 1. The second-order valence-electron chi connectivity index (χ2n) is 9.05. The molecule has 8 heteroatoms. The number of methoxy groups -OCH3 is 2. The minimum atomic E-state index is -0.554. The van der Waals surface area contributed by atoms with Crippen LogP contribution in [0.2, 0.25) is 0 Å². The summed E-state index contributed by atoms with van der Waals surface area (Å²) in [5.74, 6) is 1.71. The van der Waals surface area contributed by atoms with Crippen LogP contribution in [0.15, 0.2) is 83.4 Å². The van der Waals surface area contributed by atoms with Crippen molar-refractivity contribution in [2.24, 2.45) is 5.92 Å². The van der Waals surface area contributed by atoms with E-state index in [4.69, 9.17) is 19.0 Å². The maximum absolute atomic E-state index is 13.1. The Balaban J connectivity index is 1.81. The summed E-state index contributed by atoms with van der Waals surface area (Å²) < 4.78 is 19.5. The van der Waals surface area contributed by atoms with Crippen molar-refractivity contribution in [1.82, 2.24) is 14.8 Å². The maximum atomic E-state index is 13.1. The van der Waals surface area contributed by atoms with Gasteiger partial charge in [-0.05, 0) is 59.1 Å².